The van der Waals surface area contributed by atoms with Gasteiger partial charge in [-0.2, -0.15) is 13.2 Å². The molecule has 0 amide bonds. The molecule has 0 heterocycles. The average Bonchev–Trinajstić information content (AvgIpc) is 2.89. The molecular weight excluding hydrogens is 481 g/mol. The molecule has 0 fully saturated rings. The van der Waals surface area contributed by atoms with E-state index in [1.54, 1.807) is 6.07 Å². The van der Waals surface area contributed by atoms with E-state index in [0.717, 1.165) is 45.0 Å². The van der Waals surface area contributed by atoms with Crippen LogP contribution in [0.3, 0.4) is 0 Å². The van der Waals surface area contributed by atoms with Crippen molar-refractivity contribution in [2.75, 3.05) is 7.11 Å². The van der Waals surface area contributed by atoms with Crippen LogP contribution in [0.1, 0.15) is 29.2 Å². The third-order valence-corrected chi connectivity index (χ3v) is 7.55. The van der Waals surface area contributed by atoms with E-state index in [4.69, 9.17) is 9.47 Å². The number of ether oxygens (including phenoxy) is 2. The Labute approximate surface area is 210 Å². The summed E-state index contributed by atoms with van der Waals surface area (Å²) in [6.07, 6.45) is -6.80. The Morgan fingerprint density at radius 2 is 1.57 bits per heavy atom. The van der Waals surface area contributed by atoms with Gasteiger partial charge in [0.1, 0.15) is 0 Å². The van der Waals surface area contributed by atoms with Gasteiger partial charge in [0.05, 0.1) is 6.10 Å². The highest BCUT2D eigenvalue weighted by Crippen LogP contribution is 2.47. The Balaban J connectivity index is 1.50. The van der Waals surface area contributed by atoms with Gasteiger partial charge in [0.25, 0.3) is 5.60 Å². The summed E-state index contributed by atoms with van der Waals surface area (Å²) in [5, 5.41) is 17.0. The van der Waals surface area contributed by atoms with Crippen LogP contribution in [0.15, 0.2) is 78.9 Å². The molecule has 5 aromatic rings. The normalized spacial score (nSPS) is 19.7. The van der Waals surface area contributed by atoms with E-state index in [0.29, 0.717) is 12.0 Å². The van der Waals surface area contributed by atoms with Crippen molar-refractivity contribution in [3.63, 3.8) is 0 Å². The first-order valence-electron chi connectivity index (χ1n) is 12.0. The Hall–Kier alpha value is -3.68. The number of aryl methyl sites for hydroxylation is 1. The van der Waals surface area contributed by atoms with Crippen molar-refractivity contribution in [3.8, 4) is 0 Å². The third-order valence-electron chi connectivity index (χ3n) is 7.55. The number of alkyl halides is 3. The zero-order chi connectivity index (χ0) is 25.9. The lowest BCUT2D eigenvalue weighted by Gasteiger charge is -2.36. The molecule has 0 aliphatic heterocycles. The van der Waals surface area contributed by atoms with Crippen molar-refractivity contribution in [1.29, 1.82) is 0 Å². The minimum Gasteiger partial charge on any atom is -0.452 e. The van der Waals surface area contributed by atoms with Gasteiger partial charge in [0.15, 0.2) is 6.10 Å². The predicted molar refractivity (Wildman–Crippen MR) is 134 cm³/mol. The van der Waals surface area contributed by atoms with Crippen LogP contribution in [-0.4, -0.2) is 30.5 Å². The first-order chi connectivity index (χ1) is 17.8. The van der Waals surface area contributed by atoms with Gasteiger partial charge >= 0.3 is 12.1 Å². The number of hydrogen-bond acceptors (Lipinski definition) is 4. The summed E-state index contributed by atoms with van der Waals surface area (Å²) < 4.78 is 53.8. The highest BCUT2D eigenvalue weighted by molar-refractivity contribution is 6.23. The second-order valence-electron chi connectivity index (χ2n) is 9.48. The molecule has 1 aliphatic carbocycles. The first-order valence-corrected chi connectivity index (χ1v) is 12.0. The molecule has 0 saturated heterocycles. The van der Waals surface area contributed by atoms with Crippen molar-refractivity contribution in [2.24, 2.45) is 0 Å². The largest absolute Gasteiger partial charge is 0.452 e. The number of benzene rings is 5. The lowest BCUT2D eigenvalue weighted by molar-refractivity contribution is -0.280. The first kappa shape index (κ1) is 23.7. The summed E-state index contributed by atoms with van der Waals surface area (Å²) in [5.74, 6) is -1.62. The van der Waals surface area contributed by atoms with E-state index < -0.39 is 35.5 Å². The fourth-order valence-electron chi connectivity index (χ4n) is 5.80. The standard InChI is InChI=1S/C30H23F3O4/c1-36-29(30(31,32)33,20-8-3-2-4-9-20)28(35)37-27-23-16-19-11-10-17-6-5-7-18-12-13-22(26(19)25(17)18)21(23)14-15-24(27)34/h2-13,16,24,27,34H,14-15H2,1H3/t24-,27-,29-/m0/s1. The Morgan fingerprint density at radius 1 is 0.892 bits per heavy atom. The number of fused-ring (bicyclic) bond motifs is 2. The predicted octanol–water partition coefficient (Wildman–Crippen LogP) is 6.58. The van der Waals surface area contributed by atoms with E-state index in [2.05, 4.69) is 0 Å². The van der Waals surface area contributed by atoms with Gasteiger partial charge in [-0.25, -0.2) is 4.79 Å². The number of rotatable bonds is 4. The molecule has 0 saturated carbocycles. The Kier molecular flexibility index (Phi) is 5.40. The van der Waals surface area contributed by atoms with Crippen LogP contribution in [0.4, 0.5) is 13.2 Å². The van der Waals surface area contributed by atoms with Gasteiger partial charge in [0.2, 0.25) is 0 Å². The fraction of sp³-hybridized carbons (Fsp3) is 0.233. The number of carbonyl (C=O) groups excluding carboxylic acids is 1. The Morgan fingerprint density at radius 3 is 2.24 bits per heavy atom. The summed E-state index contributed by atoms with van der Waals surface area (Å²) in [6.45, 7) is 0. The highest BCUT2D eigenvalue weighted by atomic mass is 19.4. The number of hydrogen-bond donors (Lipinski definition) is 1. The third kappa shape index (κ3) is 3.41. The van der Waals surface area contributed by atoms with E-state index in [1.165, 1.54) is 24.3 Å². The van der Waals surface area contributed by atoms with Gasteiger partial charge in [-0.05, 0) is 62.4 Å². The van der Waals surface area contributed by atoms with Crippen molar-refractivity contribution >= 4 is 38.3 Å². The number of aliphatic hydroxyl groups is 1. The minimum absolute atomic E-state index is 0.242. The smallest absolute Gasteiger partial charge is 0.432 e. The molecular formula is C30H23F3O4. The zero-order valence-electron chi connectivity index (χ0n) is 19.9. The van der Waals surface area contributed by atoms with Crippen LogP contribution in [0.25, 0.3) is 32.3 Å². The molecule has 1 aliphatic rings. The lowest BCUT2D eigenvalue weighted by Crippen LogP contribution is -2.52. The van der Waals surface area contributed by atoms with Crippen LogP contribution in [0.2, 0.25) is 0 Å². The maximum atomic E-state index is 14.4. The summed E-state index contributed by atoms with van der Waals surface area (Å²) in [6, 6.07) is 22.6. The van der Waals surface area contributed by atoms with E-state index in [-0.39, 0.29) is 6.42 Å². The van der Waals surface area contributed by atoms with Crippen LogP contribution < -0.4 is 0 Å². The SMILES string of the molecule is CO[C@](C(=O)O[C@H]1c2cc3ccc4cccc5ccc(c2CC[C@@H]1O)c3c45)(c1ccccc1)C(F)(F)F. The second-order valence-corrected chi connectivity index (χ2v) is 9.48. The van der Waals surface area contributed by atoms with Crippen molar-refractivity contribution < 1.29 is 32.5 Å². The number of esters is 1. The molecule has 3 atom stereocenters. The molecule has 7 heteroatoms. The quantitative estimate of drug-likeness (QED) is 0.222. The molecule has 188 valence electrons. The van der Waals surface area contributed by atoms with Crippen LogP contribution in [0.5, 0.6) is 0 Å². The van der Waals surface area contributed by atoms with Gasteiger partial charge in [-0.15, -0.1) is 0 Å². The number of aliphatic hydroxyl groups excluding tert-OH is 1. The molecule has 0 spiro atoms. The number of methoxy groups -OCH3 is 1. The van der Waals surface area contributed by atoms with Crippen LogP contribution in [0, 0.1) is 0 Å². The average molecular weight is 505 g/mol. The Bertz CT molecular complexity index is 1610. The summed E-state index contributed by atoms with van der Waals surface area (Å²) in [4.78, 5) is 13.4. The monoisotopic (exact) mass is 504 g/mol. The zero-order valence-corrected chi connectivity index (χ0v) is 19.9. The molecule has 0 bridgehead atoms. The number of carbonyl (C=O) groups is 1. The molecule has 4 nitrogen and oxygen atoms in total. The van der Waals surface area contributed by atoms with Crippen LogP contribution in [-0.2, 0) is 26.3 Å². The summed E-state index contributed by atoms with van der Waals surface area (Å²) in [7, 11) is 0.831. The molecule has 0 unspecified atom stereocenters. The van der Waals surface area contributed by atoms with Gasteiger partial charge in [0, 0.05) is 12.7 Å². The molecule has 5 aromatic carbocycles. The minimum atomic E-state index is -5.10. The van der Waals surface area contributed by atoms with E-state index >= 15 is 0 Å². The molecule has 0 radical (unpaired) electrons. The van der Waals surface area contributed by atoms with Gasteiger partial charge in [-0.1, -0.05) is 72.8 Å². The topological polar surface area (TPSA) is 55.8 Å². The van der Waals surface area contributed by atoms with Crippen molar-refractivity contribution in [2.45, 2.75) is 36.8 Å². The van der Waals surface area contributed by atoms with Gasteiger partial charge in [-0.3, -0.25) is 0 Å². The maximum Gasteiger partial charge on any atom is 0.432 e. The second kappa shape index (κ2) is 8.43. The molecule has 6 rings (SSSR count). The van der Waals surface area contributed by atoms with Crippen LogP contribution >= 0.6 is 0 Å². The van der Waals surface area contributed by atoms with Crippen molar-refractivity contribution in [3.05, 3.63) is 95.6 Å². The highest BCUT2D eigenvalue weighted by Gasteiger charge is 2.64. The lowest BCUT2D eigenvalue weighted by atomic mass is 9.81. The van der Waals surface area contributed by atoms with Crippen molar-refractivity contribution in [1.82, 2.24) is 0 Å². The maximum absolute atomic E-state index is 14.4. The summed E-state index contributed by atoms with van der Waals surface area (Å²) >= 11 is 0. The molecule has 1 N–H and O–H groups in total. The van der Waals surface area contributed by atoms with Gasteiger partial charge < -0.3 is 14.6 Å². The fourth-order valence-corrected chi connectivity index (χ4v) is 5.80. The summed E-state index contributed by atoms with van der Waals surface area (Å²) in [5.41, 5.74) is -2.35. The molecule has 0 aromatic heterocycles. The van der Waals surface area contributed by atoms with E-state index in [9.17, 15) is 23.1 Å². The van der Waals surface area contributed by atoms with E-state index in [1.807, 2.05) is 48.5 Å². The number of halogens is 3. The molecule has 37 heavy (non-hydrogen) atoms.